The first-order valence-electron chi connectivity index (χ1n) is 8.97. The highest BCUT2D eigenvalue weighted by atomic mass is 35.5. The molecule has 3 N–H and O–H groups in total. The maximum absolute atomic E-state index is 12.3. The van der Waals surface area contributed by atoms with Gasteiger partial charge < -0.3 is 20.9 Å². The van der Waals surface area contributed by atoms with Gasteiger partial charge in [-0.3, -0.25) is 9.59 Å². The van der Waals surface area contributed by atoms with E-state index in [9.17, 15) is 9.59 Å². The predicted molar refractivity (Wildman–Crippen MR) is 110 cm³/mol. The zero-order valence-electron chi connectivity index (χ0n) is 15.2. The lowest BCUT2D eigenvalue weighted by Gasteiger charge is -2.22. The van der Waals surface area contributed by atoms with Crippen LogP contribution in [0.25, 0.3) is 0 Å². The Kier molecular flexibility index (Phi) is 6.19. The van der Waals surface area contributed by atoms with Gasteiger partial charge in [-0.05, 0) is 55.3 Å². The van der Waals surface area contributed by atoms with Crippen molar-refractivity contribution in [2.24, 2.45) is 0 Å². The third-order valence-electron chi connectivity index (χ3n) is 4.50. The van der Waals surface area contributed by atoms with Crippen LogP contribution in [0, 0.1) is 0 Å². The highest BCUT2D eigenvalue weighted by molar-refractivity contribution is 6.31. The molecule has 3 rings (SSSR count). The van der Waals surface area contributed by atoms with Crippen molar-refractivity contribution in [2.45, 2.75) is 12.8 Å². The van der Waals surface area contributed by atoms with Gasteiger partial charge in [0.05, 0.1) is 17.9 Å². The fourth-order valence-electron chi connectivity index (χ4n) is 3.11. The summed E-state index contributed by atoms with van der Waals surface area (Å²) in [4.78, 5) is 26.1. The van der Waals surface area contributed by atoms with E-state index in [0.717, 1.165) is 24.5 Å². The molecule has 1 heterocycles. The van der Waals surface area contributed by atoms with Gasteiger partial charge in [-0.15, -0.1) is 0 Å². The molecule has 2 aromatic carbocycles. The van der Waals surface area contributed by atoms with Crippen LogP contribution in [-0.2, 0) is 4.79 Å². The number of benzene rings is 2. The first-order valence-corrected chi connectivity index (χ1v) is 9.35. The molecule has 2 amide bonds. The molecule has 0 spiro atoms. The molecule has 1 fully saturated rings. The number of nitrogens with zero attached hydrogens (tertiary/aromatic N) is 1. The summed E-state index contributed by atoms with van der Waals surface area (Å²) in [5.41, 5.74) is 3.11. The normalized spacial score (nSPS) is 13.3. The zero-order valence-corrected chi connectivity index (χ0v) is 16.0. The first-order chi connectivity index (χ1) is 13.1. The average Bonchev–Trinajstić information content (AvgIpc) is 3.21. The number of amides is 2. The maximum Gasteiger partial charge on any atom is 0.251 e. The first kappa shape index (κ1) is 19.0. The SMILES string of the molecule is CNC(=O)c1ccc(NC(=O)CNc2cc(Cl)ccc2N2CCCC2)cc1. The molecule has 27 heavy (non-hydrogen) atoms. The van der Waals surface area contributed by atoms with E-state index in [4.69, 9.17) is 11.6 Å². The minimum absolute atomic E-state index is 0.123. The van der Waals surface area contributed by atoms with Crippen molar-refractivity contribution in [3.8, 4) is 0 Å². The Bertz CT molecular complexity index is 817. The molecule has 7 heteroatoms. The van der Waals surface area contributed by atoms with Crippen molar-refractivity contribution in [1.29, 1.82) is 0 Å². The predicted octanol–water partition coefficient (Wildman–Crippen LogP) is 3.35. The lowest BCUT2D eigenvalue weighted by molar-refractivity contribution is -0.114. The monoisotopic (exact) mass is 386 g/mol. The Balaban J connectivity index is 1.60. The molecule has 1 saturated heterocycles. The van der Waals surface area contributed by atoms with E-state index in [1.807, 2.05) is 18.2 Å². The van der Waals surface area contributed by atoms with Crippen LogP contribution in [0.15, 0.2) is 42.5 Å². The molecule has 6 nitrogen and oxygen atoms in total. The number of carbonyl (C=O) groups is 2. The van der Waals surface area contributed by atoms with Crippen LogP contribution >= 0.6 is 11.6 Å². The van der Waals surface area contributed by atoms with Crippen molar-refractivity contribution in [2.75, 3.05) is 42.2 Å². The Morgan fingerprint density at radius 2 is 1.78 bits per heavy atom. The second-order valence-corrected chi connectivity index (χ2v) is 6.85. The summed E-state index contributed by atoms with van der Waals surface area (Å²) < 4.78 is 0. The Labute approximate surface area is 163 Å². The van der Waals surface area contributed by atoms with Crippen molar-refractivity contribution < 1.29 is 9.59 Å². The number of halogens is 1. The van der Waals surface area contributed by atoms with Crippen LogP contribution in [0.1, 0.15) is 23.2 Å². The summed E-state index contributed by atoms with van der Waals surface area (Å²) in [5, 5.41) is 9.20. The van der Waals surface area contributed by atoms with E-state index < -0.39 is 0 Å². The number of hydrogen-bond donors (Lipinski definition) is 3. The standard InChI is InChI=1S/C20H23ClN4O2/c1-22-20(27)14-4-7-16(8-5-14)24-19(26)13-23-17-12-15(21)6-9-18(17)25-10-2-3-11-25/h4-9,12,23H,2-3,10-11,13H2,1H3,(H,22,27)(H,24,26). The number of anilines is 3. The van der Waals surface area contributed by atoms with Gasteiger partial charge in [0.2, 0.25) is 5.91 Å². The fourth-order valence-corrected chi connectivity index (χ4v) is 3.29. The third-order valence-corrected chi connectivity index (χ3v) is 4.74. The zero-order chi connectivity index (χ0) is 19.2. The minimum Gasteiger partial charge on any atom is -0.374 e. The maximum atomic E-state index is 12.3. The van der Waals surface area contributed by atoms with Crippen LogP contribution in [0.2, 0.25) is 5.02 Å². The molecule has 0 bridgehead atoms. The van der Waals surface area contributed by atoms with Crippen molar-refractivity contribution in [1.82, 2.24) is 5.32 Å². The van der Waals surface area contributed by atoms with E-state index in [-0.39, 0.29) is 18.4 Å². The molecule has 0 aromatic heterocycles. The topological polar surface area (TPSA) is 73.5 Å². The minimum atomic E-state index is -0.171. The molecule has 0 radical (unpaired) electrons. The van der Waals surface area contributed by atoms with Gasteiger partial charge in [0.15, 0.2) is 0 Å². The Hall–Kier alpha value is -2.73. The molecule has 0 aliphatic carbocycles. The number of rotatable bonds is 6. The molecule has 0 saturated carbocycles. The van der Waals surface area contributed by atoms with Gasteiger partial charge in [-0.2, -0.15) is 0 Å². The molecule has 2 aromatic rings. The molecular weight excluding hydrogens is 364 g/mol. The van der Waals surface area contributed by atoms with Gasteiger partial charge in [-0.1, -0.05) is 11.6 Å². The van der Waals surface area contributed by atoms with E-state index in [1.54, 1.807) is 31.3 Å². The average molecular weight is 387 g/mol. The number of hydrogen-bond acceptors (Lipinski definition) is 4. The molecule has 0 atom stereocenters. The molecule has 1 aliphatic heterocycles. The van der Waals surface area contributed by atoms with Gasteiger partial charge in [-0.25, -0.2) is 0 Å². The van der Waals surface area contributed by atoms with E-state index in [2.05, 4.69) is 20.9 Å². The van der Waals surface area contributed by atoms with Crippen LogP contribution < -0.4 is 20.9 Å². The third kappa shape index (κ3) is 4.92. The van der Waals surface area contributed by atoms with Crippen molar-refractivity contribution in [3.63, 3.8) is 0 Å². The molecule has 1 aliphatic rings. The van der Waals surface area contributed by atoms with Gasteiger partial charge in [0.1, 0.15) is 0 Å². The van der Waals surface area contributed by atoms with Crippen LogP contribution in [0.4, 0.5) is 17.1 Å². The molecule has 142 valence electrons. The van der Waals surface area contributed by atoms with Gasteiger partial charge in [0, 0.05) is 36.4 Å². The smallest absolute Gasteiger partial charge is 0.251 e. The lowest BCUT2D eigenvalue weighted by Crippen LogP contribution is -2.24. The van der Waals surface area contributed by atoms with E-state index in [1.165, 1.54) is 12.8 Å². The summed E-state index contributed by atoms with van der Waals surface area (Å²) in [7, 11) is 1.58. The number of nitrogens with one attached hydrogen (secondary N) is 3. The van der Waals surface area contributed by atoms with Crippen molar-refractivity contribution >= 4 is 40.5 Å². The molecule has 0 unspecified atom stereocenters. The lowest BCUT2D eigenvalue weighted by atomic mass is 10.2. The highest BCUT2D eigenvalue weighted by Crippen LogP contribution is 2.31. The van der Waals surface area contributed by atoms with Crippen LogP contribution in [0.5, 0.6) is 0 Å². The van der Waals surface area contributed by atoms with Crippen LogP contribution in [-0.4, -0.2) is 38.5 Å². The Morgan fingerprint density at radius 3 is 2.44 bits per heavy atom. The summed E-state index contributed by atoms with van der Waals surface area (Å²) in [6.45, 7) is 2.15. The number of carbonyl (C=O) groups excluding carboxylic acids is 2. The highest BCUT2D eigenvalue weighted by Gasteiger charge is 2.16. The fraction of sp³-hybridized carbons (Fsp3) is 0.300. The summed E-state index contributed by atoms with van der Waals surface area (Å²) >= 11 is 6.13. The van der Waals surface area contributed by atoms with Crippen LogP contribution in [0.3, 0.4) is 0 Å². The second-order valence-electron chi connectivity index (χ2n) is 6.41. The van der Waals surface area contributed by atoms with Gasteiger partial charge >= 0.3 is 0 Å². The Morgan fingerprint density at radius 1 is 1.07 bits per heavy atom. The summed E-state index contributed by atoms with van der Waals surface area (Å²) in [6, 6.07) is 12.5. The van der Waals surface area contributed by atoms with E-state index >= 15 is 0 Å². The molecular formula is C20H23ClN4O2. The van der Waals surface area contributed by atoms with E-state index in [0.29, 0.717) is 16.3 Å². The largest absolute Gasteiger partial charge is 0.374 e. The quantitative estimate of drug-likeness (QED) is 0.711. The summed E-state index contributed by atoms with van der Waals surface area (Å²) in [6.07, 6.45) is 2.35. The van der Waals surface area contributed by atoms with Gasteiger partial charge in [0.25, 0.3) is 5.91 Å². The van der Waals surface area contributed by atoms with Crippen molar-refractivity contribution in [3.05, 3.63) is 53.1 Å². The second kappa shape index (κ2) is 8.77. The summed E-state index contributed by atoms with van der Waals surface area (Å²) in [5.74, 6) is -0.333.